The molecule has 43 heavy (non-hydrogen) atoms. The maximum absolute atomic E-state index is 12.8. The van der Waals surface area contributed by atoms with Gasteiger partial charge in [-0.3, -0.25) is 4.18 Å². The third-order valence-corrected chi connectivity index (χ3v) is 11.0. The number of hydrogen-bond donors (Lipinski definition) is 1. The lowest BCUT2D eigenvalue weighted by Crippen LogP contribution is -2.50. The monoisotopic (exact) mass is 616 g/mol. The lowest BCUT2D eigenvalue weighted by Gasteiger charge is -2.42. The van der Waals surface area contributed by atoms with Crippen LogP contribution in [0.4, 0.5) is 0 Å². The molecule has 0 saturated carbocycles. The third-order valence-electron chi connectivity index (χ3n) is 9.72. The van der Waals surface area contributed by atoms with E-state index in [1.54, 1.807) is 29.8 Å². The van der Waals surface area contributed by atoms with E-state index in [0.29, 0.717) is 30.7 Å². The van der Waals surface area contributed by atoms with Crippen molar-refractivity contribution in [2.24, 2.45) is 5.92 Å². The van der Waals surface area contributed by atoms with Crippen LogP contribution in [0.3, 0.4) is 0 Å². The Balaban J connectivity index is 1.14. The smallest absolute Gasteiger partial charge is 0.297 e. The quantitative estimate of drug-likeness (QED) is 0.218. The van der Waals surface area contributed by atoms with Gasteiger partial charge in [0, 0.05) is 31.2 Å². The van der Waals surface area contributed by atoms with Crippen molar-refractivity contribution in [2.45, 2.75) is 120 Å². The number of benzene rings is 1. The molecule has 0 amide bonds. The molecule has 2 saturated heterocycles. The van der Waals surface area contributed by atoms with Gasteiger partial charge in [0.15, 0.2) is 6.29 Å². The van der Waals surface area contributed by atoms with E-state index in [1.807, 2.05) is 6.92 Å². The number of ether oxygens (including phenoxy) is 3. The van der Waals surface area contributed by atoms with Crippen molar-refractivity contribution >= 4 is 10.1 Å². The summed E-state index contributed by atoms with van der Waals surface area (Å²) in [5.41, 5.74) is 2.60. The molecular weight excluding hydrogens is 564 g/mol. The summed E-state index contributed by atoms with van der Waals surface area (Å²) >= 11 is 0. The van der Waals surface area contributed by atoms with E-state index in [2.05, 4.69) is 36.2 Å². The number of nitrogens with one attached hydrogen (secondary N) is 1. The molecule has 0 radical (unpaired) electrons. The number of fused-ring (bicyclic) bond motifs is 1. The summed E-state index contributed by atoms with van der Waals surface area (Å²) in [6, 6.07) is 8.33. The molecule has 0 bridgehead atoms. The van der Waals surface area contributed by atoms with E-state index in [-0.39, 0.29) is 24.4 Å². The highest BCUT2D eigenvalue weighted by molar-refractivity contribution is 7.86. The second-order valence-electron chi connectivity index (χ2n) is 12.6. The summed E-state index contributed by atoms with van der Waals surface area (Å²) < 4.78 is 49.4. The minimum Gasteiger partial charge on any atom is -0.495 e. The second-order valence-corrected chi connectivity index (χ2v) is 14.2. The van der Waals surface area contributed by atoms with Crippen LogP contribution in [0.2, 0.25) is 0 Å². The van der Waals surface area contributed by atoms with Crippen LogP contribution < -0.4 is 5.32 Å². The van der Waals surface area contributed by atoms with Crippen LogP contribution in [0.25, 0.3) is 0 Å². The SMILES string of the molecule is CCN(CC)C1CC=C(C2CCC3CC(OCC(COS(=O)(=O)c4ccc(C)cc4)OC4CCCCO4)=CCC3N2)CC1. The van der Waals surface area contributed by atoms with Crippen LogP contribution in [0, 0.1) is 12.8 Å². The fraction of sp³-hybridized carbons (Fsp3) is 0.706. The van der Waals surface area contributed by atoms with Crippen molar-refractivity contribution in [3.8, 4) is 0 Å². The predicted octanol–water partition coefficient (Wildman–Crippen LogP) is 5.86. The Morgan fingerprint density at radius 3 is 2.51 bits per heavy atom. The standard InChI is InChI=1S/C34H52N2O6S/c1-4-36(5-2)28-14-11-26(12-15-28)32-19-13-27-22-29(16-20-33(27)35-32)40-23-30(42-34-8-6-7-21-39-34)24-41-43(37,38)31-17-9-25(3)10-18-31/h9-11,16-18,27-28,30,32-35H,4-8,12-15,19-24H2,1-3H3. The van der Waals surface area contributed by atoms with E-state index >= 15 is 0 Å². The maximum Gasteiger partial charge on any atom is 0.297 e. The van der Waals surface area contributed by atoms with Crippen LogP contribution in [-0.2, 0) is 28.5 Å². The highest BCUT2D eigenvalue weighted by atomic mass is 32.2. The van der Waals surface area contributed by atoms with Gasteiger partial charge in [-0.1, -0.05) is 43.2 Å². The number of allylic oxidation sites excluding steroid dienone is 1. The molecule has 4 aliphatic rings. The van der Waals surface area contributed by atoms with E-state index in [0.717, 1.165) is 56.5 Å². The van der Waals surface area contributed by atoms with Gasteiger partial charge < -0.3 is 24.4 Å². The molecule has 2 aliphatic heterocycles. The molecule has 0 spiro atoms. The van der Waals surface area contributed by atoms with Crippen LogP contribution >= 0.6 is 0 Å². The topological polar surface area (TPSA) is 86.3 Å². The van der Waals surface area contributed by atoms with E-state index < -0.39 is 16.2 Å². The molecule has 8 nitrogen and oxygen atoms in total. The van der Waals surface area contributed by atoms with Gasteiger partial charge in [-0.15, -0.1) is 0 Å². The highest BCUT2D eigenvalue weighted by Crippen LogP contribution is 2.36. The molecule has 6 atom stereocenters. The van der Waals surface area contributed by atoms with Gasteiger partial charge in [-0.05, 0) is 102 Å². The Hall–Kier alpha value is -1.75. The molecule has 2 aliphatic carbocycles. The number of nitrogens with zero attached hydrogens (tertiary/aromatic N) is 1. The highest BCUT2D eigenvalue weighted by Gasteiger charge is 2.35. The van der Waals surface area contributed by atoms with Crippen LogP contribution in [-0.4, -0.2) is 76.7 Å². The molecule has 240 valence electrons. The first-order valence-corrected chi connectivity index (χ1v) is 18.0. The lowest BCUT2D eigenvalue weighted by atomic mass is 9.77. The second kappa shape index (κ2) is 15.5. The molecule has 2 fully saturated rings. The van der Waals surface area contributed by atoms with Crippen molar-refractivity contribution < 1.29 is 26.8 Å². The zero-order chi connectivity index (χ0) is 30.2. The van der Waals surface area contributed by atoms with Crippen LogP contribution in [0.1, 0.15) is 83.6 Å². The van der Waals surface area contributed by atoms with Gasteiger partial charge >= 0.3 is 0 Å². The predicted molar refractivity (Wildman–Crippen MR) is 168 cm³/mol. The molecule has 1 N–H and O–H groups in total. The first-order valence-electron chi connectivity index (χ1n) is 16.6. The lowest BCUT2D eigenvalue weighted by molar-refractivity contribution is -0.200. The molecule has 6 unspecified atom stereocenters. The van der Waals surface area contributed by atoms with Gasteiger partial charge in [0.05, 0.1) is 17.3 Å². The normalized spacial score (nSPS) is 29.0. The molecule has 5 rings (SSSR count). The van der Waals surface area contributed by atoms with Gasteiger partial charge in [0.25, 0.3) is 10.1 Å². The van der Waals surface area contributed by atoms with Gasteiger partial charge in [0.1, 0.15) is 12.7 Å². The Bertz CT molecular complexity index is 1190. The summed E-state index contributed by atoms with van der Waals surface area (Å²) in [5.74, 6) is 1.52. The summed E-state index contributed by atoms with van der Waals surface area (Å²) in [5, 5.41) is 3.98. The average Bonchev–Trinajstić information content (AvgIpc) is 3.03. The van der Waals surface area contributed by atoms with E-state index in [1.165, 1.54) is 32.1 Å². The third kappa shape index (κ3) is 8.92. The minimum atomic E-state index is -3.90. The van der Waals surface area contributed by atoms with Crippen molar-refractivity contribution in [3.63, 3.8) is 0 Å². The number of aryl methyl sites for hydroxylation is 1. The molecule has 1 aromatic rings. The number of hydrogen-bond acceptors (Lipinski definition) is 8. The van der Waals surface area contributed by atoms with Crippen molar-refractivity contribution in [3.05, 3.63) is 53.3 Å². The van der Waals surface area contributed by atoms with E-state index in [4.69, 9.17) is 18.4 Å². The zero-order valence-electron chi connectivity index (χ0n) is 26.3. The van der Waals surface area contributed by atoms with Crippen LogP contribution in [0.5, 0.6) is 0 Å². The largest absolute Gasteiger partial charge is 0.495 e. The summed E-state index contributed by atoms with van der Waals surface area (Å²) in [4.78, 5) is 2.74. The fourth-order valence-corrected chi connectivity index (χ4v) is 8.04. The summed E-state index contributed by atoms with van der Waals surface area (Å²) in [7, 11) is -3.90. The molecule has 1 aromatic carbocycles. The summed E-state index contributed by atoms with van der Waals surface area (Å²) in [6.07, 6.45) is 14.5. The number of piperidine rings is 1. The minimum absolute atomic E-state index is 0.122. The first-order chi connectivity index (χ1) is 20.8. The Morgan fingerprint density at radius 1 is 1.00 bits per heavy atom. The fourth-order valence-electron chi connectivity index (χ4n) is 7.10. The Kier molecular flexibility index (Phi) is 11.8. The Labute approximate surface area is 259 Å². The van der Waals surface area contributed by atoms with Gasteiger partial charge in [-0.25, -0.2) is 0 Å². The molecular formula is C34H52N2O6S. The number of rotatable bonds is 13. The van der Waals surface area contributed by atoms with Gasteiger partial charge in [0.2, 0.25) is 0 Å². The molecule has 9 heteroatoms. The van der Waals surface area contributed by atoms with Crippen molar-refractivity contribution in [2.75, 3.05) is 32.9 Å². The molecule has 2 heterocycles. The van der Waals surface area contributed by atoms with Crippen LogP contribution in [0.15, 0.2) is 52.6 Å². The van der Waals surface area contributed by atoms with E-state index in [9.17, 15) is 8.42 Å². The Morgan fingerprint density at radius 2 is 1.81 bits per heavy atom. The maximum atomic E-state index is 12.8. The molecule has 0 aromatic heterocycles. The summed E-state index contributed by atoms with van der Waals surface area (Å²) in [6.45, 7) is 9.47. The van der Waals surface area contributed by atoms with Crippen molar-refractivity contribution in [1.29, 1.82) is 0 Å². The zero-order valence-corrected chi connectivity index (χ0v) is 27.2. The average molecular weight is 617 g/mol. The van der Waals surface area contributed by atoms with Crippen molar-refractivity contribution in [1.82, 2.24) is 10.2 Å². The first kappa shape index (κ1) is 32.6. The van der Waals surface area contributed by atoms with Gasteiger partial charge in [-0.2, -0.15) is 8.42 Å².